The van der Waals surface area contributed by atoms with Crippen molar-refractivity contribution in [2.45, 2.75) is 37.8 Å². The number of carbonyl (C=O) groups is 1. The van der Waals surface area contributed by atoms with Gasteiger partial charge in [-0.2, -0.15) is 0 Å². The van der Waals surface area contributed by atoms with Gasteiger partial charge in [0, 0.05) is 13.1 Å². The fourth-order valence-corrected chi connectivity index (χ4v) is 3.42. The van der Waals surface area contributed by atoms with E-state index >= 15 is 0 Å². The lowest BCUT2D eigenvalue weighted by Crippen LogP contribution is -2.56. The zero-order chi connectivity index (χ0) is 13.8. The molecule has 1 atom stereocenters. The van der Waals surface area contributed by atoms with Gasteiger partial charge >= 0.3 is 6.09 Å². The number of amides is 1. The van der Waals surface area contributed by atoms with Crippen molar-refractivity contribution in [2.24, 2.45) is 0 Å². The normalized spacial score (nSPS) is 24.7. The van der Waals surface area contributed by atoms with E-state index in [9.17, 15) is 4.79 Å². The number of hydrogen-bond donors (Lipinski definition) is 1. The summed E-state index contributed by atoms with van der Waals surface area (Å²) in [6.45, 7) is 3.16. The van der Waals surface area contributed by atoms with E-state index in [-0.39, 0.29) is 24.0 Å². The molecule has 2 saturated heterocycles. The lowest BCUT2D eigenvalue weighted by Gasteiger charge is -2.41. The third-order valence-electron chi connectivity index (χ3n) is 4.47. The third-order valence-corrected chi connectivity index (χ3v) is 4.47. The maximum atomic E-state index is 12.4. The molecule has 1 unspecified atom stereocenters. The molecule has 3 rings (SSSR count). The zero-order valence-corrected chi connectivity index (χ0v) is 13.0. The van der Waals surface area contributed by atoms with E-state index in [1.807, 2.05) is 35.2 Å². The molecule has 0 aromatic heterocycles. The van der Waals surface area contributed by atoms with Gasteiger partial charge in [0.2, 0.25) is 0 Å². The molecule has 2 aliphatic heterocycles. The van der Waals surface area contributed by atoms with Gasteiger partial charge in [0.15, 0.2) is 0 Å². The van der Waals surface area contributed by atoms with Crippen LogP contribution in [0.15, 0.2) is 30.3 Å². The van der Waals surface area contributed by atoms with Gasteiger partial charge < -0.3 is 15.0 Å². The predicted molar refractivity (Wildman–Crippen MR) is 84.6 cm³/mol. The second-order valence-electron chi connectivity index (χ2n) is 5.80. The number of ether oxygens (including phenoxy) is 1. The molecule has 0 saturated carbocycles. The molecule has 5 heteroatoms. The molecule has 4 nitrogen and oxygen atoms in total. The molecule has 116 valence electrons. The van der Waals surface area contributed by atoms with E-state index in [1.54, 1.807) is 0 Å². The van der Waals surface area contributed by atoms with Gasteiger partial charge in [0.25, 0.3) is 0 Å². The minimum atomic E-state index is -0.157. The van der Waals surface area contributed by atoms with Crippen molar-refractivity contribution in [3.05, 3.63) is 35.9 Å². The lowest BCUT2D eigenvalue weighted by molar-refractivity contribution is 0.0547. The van der Waals surface area contributed by atoms with Crippen LogP contribution in [0.1, 0.15) is 31.2 Å². The van der Waals surface area contributed by atoms with Crippen molar-refractivity contribution in [1.29, 1.82) is 0 Å². The molecule has 1 N–H and O–H groups in total. The molecule has 1 aromatic carbocycles. The highest BCUT2D eigenvalue weighted by Gasteiger charge is 2.44. The number of likely N-dealkylation sites (tertiary alicyclic amines) is 1. The average Bonchev–Trinajstić information content (AvgIpc) is 2.90. The summed E-state index contributed by atoms with van der Waals surface area (Å²) < 4.78 is 5.50. The molecule has 2 aliphatic rings. The molecule has 0 aliphatic carbocycles. The first-order valence-corrected chi connectivity index (χ1v) is 7.49. The Bertz CT molecular complexity index is 461. The fraction of sp³-hybridized carbons (Fsp3) is 0.562. The van der Waals surface area contributed by atoms with E-state index in [0.717, 1.165) is 50.9 Å². The van der Waals surface area contributed by atoms with Crippen LogP contribution in [-0.2, 0) is 11.3 Å². The van der Waals surface area contributed by atoms with Crippen molar-refractivity contribution in [1.82, 2.24) is 10.2 Å². The Labute approximate surface area is 132 Å². The van der Waals surface area contributed by atoms with Crippen LogP contribution >= 0.6 is 12.4 Å². The van der Waals surface area contributed by atoms with Crippen molar-refractivity contribution in [3.63, 3.8) is 0 Å². The standard InChI is InChI=1S/C16H22N2O2.ClH/c19-15(20-12-14-6-2-1-3-7-14)18-11-5-9-16(18)8-4-10-17-13-16;/h1-3,6-7,17H,4-5,8-13H2;1H. The molecular weight excluding hydrogens is 288 g/mol. The first-order chi connectivity index (χ1) is 9.80. The zero-order valence-electron chi connectivity index (χ0n) is 12.2. The molecule has 2 heterocycles. The summed E-state index contributed by atoms with van der Waals surface area (Å²) in [5.41, 5.74) is 1.04. The average molecular weight is 311 g/mol. The van der Waals surface area contributed by atoms with Crippen LogP contribution in [0.3, 0.4) is 0 Å². The van der Waals surface area contributed by atoms with Crippen molar-refractivity contribution in [3.8, 4) is 0 Å². The van der Waals surface area contributed by atoms with E-state index in [2.05, 4.69) is 5.32 Å². The molecule has 0 radical (unpaired) electrons. The summed E-state index contributed by atoms with van der Waals surface area (Å²) in [5.74, 6) is 0. The first-order valence-electron chi connectivity index (χ1n) is 7.49. The summed E-state index contributed by atoms with van der Waals surface area (Å²) in [5, 5.41) is 3.43. The van der Waals surface area contributed by atoms with Crippen LogP contribution in [0, 0.1) is 0 Å². The largest absolute Gasteiger partial charge is 0.445 e. The Morgan fingerprint density at radius 2 is 2.00 bits per heavy atom. The van der Waals surface area contributed by atoms with Gasteiger partial charge in [-0.3, -0.25) is 0 Å². The van der Waals surface area contributed by atoms with E-state index in [0.29, 0.717) is 6.61 Å². The predicted octanol–water partition coefficient (Wildman–Crippen LogP) is 2.96. The number of hydrogen-bond acceptors (Lipinski definition) is 3. The third kappa shape index (κ3) is 3.50. The van der Waals surface area contributed by atoms with Crippen molar-refractivity contribution < 1.29 is 9.53 Å². The highest BCUT2D eigenvalue weighted by Crippen LogP contribution is 2.35. The van der Waals surface area contributed by atoms with E-state index in [4.69, 9.17) is 4.74 Å². The van der Waals surface area contributed by atoms with Crippen LogP contribution in [0.25, 0.3) is 0 Å². The number of halogens is 1. The first kappa shape index (κ1) is 16.1. The van der Waals surface area contributed by atoms with Crippen LogP contribution in [0.5, 0.6) is 0 Å². The minimum Gasteiger partial charge on any atom is -0.445 e. The number of rotatable bonds is 2. The van der Waals surface area contributed by atoms with Crippen molar-refractivity contribution in [2.75, 3.05) is 19.6 Å². The van der Waals surface area contributed by atoms with Gasteiger partial charge in [-0.05, 0) is 37.8 Å². The van der Waals surface area contributed by atoms with Crippen LogP contribution in [0.2, 0.25) is 0 Å². The molecule has 0 bridgehead atoms. The molecule has 21 heavy (non-hydrogen) atoms. The SMILES string of the molecule is Cl.O=C(OCc1ccccc1)N1CCCC12CCCNC2. The molecule has 1 aromatic rings. The minimum absolute atomic E-state index is 0. The Kier molecular flexibility index (Phi) is 5.48. The maximum absolute atomic E-state index is 12.4. The number of piperidine rings is 1. The Morgan fingerprint density at radius 1 is 1.24 bits per heavy atom. The monoisotopic (exact) mass is 310 g/mol. The molecule has 1 amide bonds. The summed E-state index contributed by atoms with van der Waals surface area (Å²) in [7, 11) is 0. The van der Waals surface area contributed by atoms with E-state index in [1.165, 1.54) is 0 Å². The molecular formula is C16H23ClN2O2. The van der Waals surface area contributed by atoms with Gasteiger partial charge in [-0.25, -0.2) is 4.79 Å². The van der Waals surface area contributed by atoms with Crippen molar-refractivity contribution >= 4 is 18.5 Å². The number of nitrogens with zero attached hydrogens (tertiary/aromatic N) is 1. The second-order valence-corrected chi connectivity index (χ2v) is 5.80. The maximum Gasteiger partial charge on any atom is 0.410 e. The number of nitrogens with one attached hydrogen (secondary N) is 1. The lowest BCUT2D eigenvalue weighted by atomic mass is 9.88. The Morgan fingerprint density at radius 3 is 2.71 bits per heavy atom. The van der Waals surface area contributed by atoms with Crippen LogP contribution < -0.4 is 5.32 Å². The highest BCUT2D eigenvalue weighted by atomic mass is 35.5. The van der Waals surface area contributed by atoms with Gasteiger partial charge in [-0.15, -0.1) is 12.4 Å². The highest BCUT2D eigenvalue weighted by molar-refractivity contribution is 5.85. The van der Waals surface area contributed by atoms with E-state index < -0.39 is 0 Å². The topological polar surface area (TPSA) is 41.6 Å². The Balaban J connectivity index is 0.00000161. The number of carbonyl (C=O) groups excluding carboxylic acids is 1. The summed E-state index contributed by atoms with van der Waals surface area (Å²) in [4.78, 5) is 14.3. The molecule has 1 spiro atoms. The molecule has 2 fully saturated rings. The Hall–Kier alpha value is -1.26. The van der Waals surface area contributed by atoms with Crippen LogP contribution in [0.4, 0.5) is 4.79 Å². The van der Waals surface area contributed by atoms with Gasteiger partial charge in [0.05, 0.1) is 5.54 Å². The van der Waals surface area contributed by atoms with Gasteiger partial charge in [0.1, 0.15) is 6.61 Å². The summed E-state index contributed by atoms with van der Waals surface area (Å²) >= 11 is 0. The summed E-state index contributed by atoms with van der Waals surface area (Å²) in [6, 6.07) is 9.86. The van der Waals surface area contributed by atoms with Crippen LogP contribution in [-0.4, -0.2) is 36.2 Å². The second kappa shape index (κ2) is 7.14. The number of benzene rings is 1. The summed E-state index contributed by atoms with van der Waals surface area (Å²) in [6.07, 6.45) is 4.26. The fourth-order valence-electron chi connectivity index (χ4n) is 3.42. The smallest absolute Gasteiger partial charge is 0.410 e. The van der Waals surface area contributed by atoms with Gasteiger partial charge in [-0.1, -0.05) is 30.3 Å². The quantitative estimate of drug-likeness (QED) is 0.913.